The molecule has 128 valence electrons. The Morgan fingerprint density at radius 1 is 1.35 bits per heavy atom. The van der Waals surface area contributed by atoms with Crippen molar-refractivity contribution in [1.29, 1.82) is 0 Å². The fourth-order valence-corrected chi connectivity index (χ4v) is 3.52. The summed E-state index contributed by atoms with van der Waals surface area (Å²) < 4.78 is 1.82. The van der Waals surface area contributed by atoms with Gasteiger partial charge in [0.1, 0.15) is 5.82 Å². The van der Waals surface area contributed by atoms with Crippen LogP contribution >= 0.6 is 11.8 Å². The largest absolute Gasteiger partial charge is 0.370 e. The Morgan fingerprint density at radius 2 is 2.04 bits per heavy atom. The summed E-state index contributed by atoms with van der Waals surface area (Å²) >= 11 is 1.38. The van der Waals surface area contributed by atoms with Crippen molar-refractivity contribution < 1.29 is 9.59 Å². The zero-order chi connectivity index (χ0) is 16.8. The van der Waals surface area contributed by atoms with Crippen LogP contribution in [-0.2, 0) is 23.1 Å². The lowest BCUT2D eigenvalue weighted by molar-refractivity contribution is -0.121. The molecule has 0 aromatic carbocycles. The molecule has 2 rings (SSSR count). The van der Waals surface area contributed by atoms with Crippen molar-refractivity contribution in [2.75, 3.05) is 0 Å². The van der Waals surface area contributed by atoms with E-state index in [9.17, 15) is 9.59 Å². The van der Waals surface area contributed by atoms with Gasteiger partial charge in [0.15, 0.2) is 5.16 Å². The van der Waals surface area contributed by atoms with Crippen LogP contribution in [0.1, 0.15) is 51.3 Å². The van der Waals surface area contributed by atoms with E-state index < -0.39 is 0 Å². The zero-order valence-electron chi connectivity index (χ0n) is 13.7. The molecule has 0 radical (unpaired) electrons. The number of nitrogens with two attached hydrogens (primary N) is 1. The molecule has 0 saturated heterocycles. The van der Waals surface area contributed by atoms with Gasteiger partial charge in [-0.3, -0.25) is 9.59 Å². The number of carbonyl (C=O) groups excluding carboxylic acids is 2. The third kappa shape index (κ3) is 5.23. The summed E-state index contributed by atoms with van der Waals surface area (Å²) in [5.41, 5.74) is 5.15. The molecule has 8 heteroatoms. The first-order valence-electron chi connectivity index (χ1n) is 8.11. The zero-order valence-corrected chi connectivity index (χ0v) is 14.6. The van der Waals surface area contributed by atoms with Crippen LogP contribution < -0.4 is 11.1 Å². The first kappa shape index (κ1) is 17.8. The molecule has 0 aliphatic heterocycles. The monoisotopic (exact) mass is 339 g/mol. The highest BCUT2D eigenvalue weighted by Crippen LogP contribution is 2.23. The molecule has 7 nitrogen and oxygen atoms in total. The predicted octanol–water partition coefficient (Wildman–Crippen LogP) is 1.16. The highest BCUT2D eigenvalue weighted by atomic mass is 32.2. The molecule has 1 aliphatic rings. The maximum absolute atomic E-state index is 12.3. The van der Waals surface area contributed by atoms with Crippen LogP contribution in [0.15, 0.2) is 5.16 Å². The van der Waals surface area contributed by atoms with Gasteiger partial charge in [-0.25, -0.2) is 0 Å². The third-order valence-electron chi connectivity index (χ3n) is 4.12. The van der Waals surface area contributed by atoms with E-state index >= 15 is 0 Å². The van der Waals surface area contributed by atoms with Crippen LogP contribution in [0, 0.1) is 0 Å². The summed E-state index contributed by atoms with van der Waals surface area (Å²) in [5.74, 6) is 0.386. The number of nitrogens with zero attached hydrogens (tertiary/aromatic N) is 3. The van der Waals surface area contributed by atoms with E-state index in [2.05, 4.69) is 15.5 Å². The summed E-state index contributed by atoms with van der Waals surface area (Å²) in [6.45, 7) is 1.88. The highest BCUT2D eigenvalue weighted by Gasteiger charge is 2.22. The Labute approximate surface area is 140 Å². The first-order valence-corrected chi connectivity index (χ1v) is 8.99. The van der Waals surface area contributed by atoms with Gasteiger partial charge in [-0.15, -0.1) is 10.2 Å². The van der Waals surface area contributed by atoms with Gasteiger partial charge in [-0.2, -0.15) is 0 Å². The standard InChI is InChI=1S/C15H25N5O2S/c1-10(14(22)17-11-6-4-3-5-7-11)23-15-19-18-13(20(15)2)9-8-12(16)21/h10-11H,3-9H2,1-2H3,(H2,16,21)(H,17,22)/t10-/m1/s1. The maximum atomic E-state index is 12.3. The molecule has 1 aliphatic carbocycles. The smallest absolute Gasteiger partial charge is 0.233 e. The molecule has 23 heavy (non-hydrogen) atoms. The van der Waals surface area contributed by atoms with Gasteiger partial charge in [-0.05, 0) is 19.8 Å². The van der Waals surface area contributed by atoms with Gasteiger partial charge < -0.3 is 15.6 Å². The lowest BCUT2D eigenvalue weighted by Gasteiger charge is -2.24. The average Bonchev–Trinajstić information content (AvgIpc) is 2.86. The van der Waals surface area contributed by atoms with Crippen molar-refractivity contribution in [1.82, 2.24) is 20.1 Å². The minimum Gasteiger partial charge on any atom is -0.370 e. The van der Waals surface area contributed by atoms with Crippen molar-refractivity contribution >= 4 is 23.6 Å². The average molecular weight is 339 g/mol. The summed E-state index contributed by atoms with van der Waals surface area (Å²) in [5, 5.41) is 11.7. The van der Waals surface area contributed by atoms with Gasteiger partial charge in [-0.1, -0.05) is 31.0 Å². The van der Waals surface area contributed by atoms with Gasteiger partial charge in [0.25, 0.3) is 0 Å². The molecule has 0 spiro atoms. The summed E-state index contributed by atoms with van der Waals surface area (Å²) in [7, 11) is 1.84. The van der Waals surface area contributed by atoms with Crippen molar-refractivity contribution in [2.24, 2.45) is 12.8 Å². The molecule has 1 atom stereocenters. The summed E-state index contributed by atoms with van der Waals surface area (Å²) in [4.78, 5) is 23.2. The lowest BCUT2D eigenvalue weighted by atomic mass is 9.95. The van der Waals surface area contributed by atoms with Crippen LogP contribution in [-0.4, -0.2) is 37.9 Å². The summed E-state index contributed by atoms with van der Waals surface area (Å²) in [6.07, 6.45) is 6.51. The fraction of sp³-hybridized carbons (Fsp3) is 0.733. The number of aryl methyl sites for hydroxylation is 1. The number of thioether (sulfide) groups is 1. The molecule has 0 unspecified atom stereocenters. The number of primary amides is 1. The fourth-order valence-electron chi connectivity index (χ4n) is 2.68. The Balaban J connectivity index is 1.87. The second-order valence-electron chi connectivity index (χ2n) is 6.03. The Bertz CT molecular complexity index is 554. The van der Waals surface area contributed by atoms with Crippen LogP contribution in [0.3, 0.4) is 0 Å². The predicted molar refractivity (Wildman–Crippen MR) is 88.9 cm³/mol. The number of carbonyl (C=O) groups is 2. The number of hydrogen-bond acceptors (Lipinski definition) is 5. The van der Waals surface area contributed by atoms with E-state index in [1.165, 1.54) is 31.0 Å². The number of nitrogens with one attached hydrogen (secondary N) is 1. The van der Waals surface area contributed by atoms with E-state index in [0.717, 1.165) is 12.8 Å². The third-order valence-corrected chi connectivity index (χ3v) is 5.26. The second kappa shape index (κ2) is 8.33. The van der Waals surface area contributed by atoms with Crippen molar-refractivity contribution in [2.45, 2.75) is 68.3 Å². The van der Waals surface area contributed by atoms with Crippen molar-refractivity contribution in [3.05, 3.63) is 5.82 Å². The molecule has 0 bridgehead atoms. The first-order chi connectivity index (χ1) is 11.0. The lowest BCUT2D eigenvalue weighted by Crippen LogP contribution is -2.40. The highest BCUT2D eigenvalue weighted by molar-refractivity contribution is 8.00. The minimum absolute atomic E-state index is 0.0450. The van der Waals surface area contributed by atoms with Crippen LogP contribution in [0.5, 0.6) is 0 Å². The Hall–Kier alpha value is -1.57. The van der Waals surface area contributed by atoms with E-state index in [4.69, 9.17) is 5.73 Å². The molecule has 1 aromatic heterocycles. The molecular weight excluding hydrogens is 314 g/mol. The minimum atomic E-state index is -0.359. The SMILES string of the molecule is C[C@@H](Sc1nnc(CCC(N)=O)n1C)C(=O)NC1CCCCC1. The molecular formula is C15H25N5O2S. The number of aromatic nitrogens is 3. The Morgan fingerprint density at radius 3 is 2.70 bits per heavy atom. The molecule has 1 aromatic rings. The maximum Gasteiger partial charge on any atom is 0.233 e. The number of hydrogen-bond donors (Lipinski definition) is 2. The van der Waals surface area contributed by atoms with Gasteiger partial charge in [0.05, 0.1) is 5.25 Å². The molecule has 2 amide bonds. The van der Waals surface area contributed by atoms with E-state index in [-0.39, 0.29) is 23.5 Å². The Kier molecular flexibility index (Phi) is 6.44. The van der Waals surface area contributed by atoms with Gasteiger partial charge in [0, 0.05) is 25.9 Å². The molecule has 3 N–H and O–H groups in total. The molecule has 1 saturated carbocycles. The van der Waals surface area contributed by atoms with Crippen LogP contribution in [0.2, 0.25) is 0 Å². The quantitative estimate of drug-likeness (QED) is 0.726. The van der Waals surface area contributed by atoms with E-state index in [0.29, 0.717) is 23.4 Å². The number of amides is 2. The van der Waals surface area contributed by atoms with E-state index in [1.807, 2.05) is 18.5 Å². The van der Waals surface area contributed by atoms with Crippen molar-refractivity contribution in [3.8, 4) is 0 Å². The summed E-state index contributed by atoms with van der Waals surface area (Å²) in [6, 6.07) is 0.310. The van der Waals surface area contributed by atoms with Gasteiger partial charge in [0.2, 0.25) is 11.8 Å². The normalized spacial score (nSPS) is 17.0. The topological polar surface area (TPSA) is 103 Å². The second-order valence-corrected chi connectivity index (χ2v) is 7.34. The molecule has 1 fully saturated rings. The molecule has 1 heterocycles. The van der Waals surface area contributed by atoms with Crippen molar-refractivity contribution in [3.63, 3.8) is 0 Å². The number of rotatable bonds is 7. The van der Waals surface area contributed by atoms with E-state index in [1.54, 1.807) is 0 Å². The van der Waals surface area contributed by atoms with Crippen LogP contribution in [0.25, 0.3) is 0 Å². The van der Waals surface area contributed by atoms with Gasteiger partial charge >= 0.3 is 0 Å². The van der Waals surface area contributed by atoms with Crippen LogP contribution in [0.4, 0.5) is 0 Å².